The van der Waals surface area contributed by atoms with E-state index in [0.29, 0.717) is 16.8 Å². The van der Waals surface area contributed by atoms with Crippen LogP contribution in [0, 0.1) is 29.2 Å². The van der Waals surface area contributed by atoms with Crippen LogP contribution < -0.4 is 0 Å². The maximum atomic E-state index is 10.4. The van der Waals surface area contributed by atoms with E-state index in [-0.39, 0.29) is 0 Å². The Labute approximate surface area is 288 Å². The third kappa shape index (κ3) is 4.31. The second kappa shape index (κ2) is 11.4. The number of aromatic nitrogens is 2. The molecule has 0 saturated heterocycles. The lowest BCUT2D eigenvalue weighted by Crippen LogP contribution is -1.97. The monoisotopic (exact) mass is 635 g/mol. The minimum Gasteiger partial charge on any atom is -0.318 e. The Hall–Kier alpha value is -7.39. The fourth-order valence-electron chi connectivity index (χ4n) is 7.42. The molecule has 0 radical (unpaired) electrons. The van der Waals surface area contributed by atoms with Crippen LogP contribution in [0.15, 0.2) is 152 Å². The molecule has 50 heavy (non-hydrogen) atoms. The van der Waals surface area contributed by atoms with Crippen molar-refractivity contribution in [1.82, 2.24) is 9.13 Å². The molecule has 9 rings (SSSR count). The van der Waals surface area contributed by atoms with Gasteiger partial charge in [-0.2, -0.15) is 10.5 Å². The molecule has 0 unspecified atom stereocenters. The first kappa shape index (κ1) is 28.8. The first-order valence-electron chi connectivity index (χ1n) is 16.3. The zero-order chi connectivity index (χ0) is 33.8. The molecule has 7 aromatic carbocycles. The van der Waals surface area contributed by atoms with E-state index in [9.17, 15) is 10.5 Å². The van der Waals surface area contributed by atoms with E-state index >= 15 is 0 Å². The van der Waals surface area contributed by atoms with Crippen molar-refractivity contribution in [1.29, 1.82) is 10.5 Å². The van der Waals surface area contributed by atoms with Crippen LogP contribution in [0.3, 0.4) is 0 Å². The molecule has 0 N–H and O–H groups in total. The van der Waals surface area contributed by atoms with Gasteiger partial charge in [0, 0.05) is 27.4 Å². The molecule has 230 valence electrons. The first-order valence-corrected chi connectivity index (χ1v) is 16.3. The fourth-order valence-corrected chi connectivity index (χ4v) is 7.42. The van der Waals surface area contributed by atoms with Gasteiger partial charge in [-0.3, -0.25) is 0 Å². The lowest BCUT2D eigenvalue weighted by Gasteiger charge is -2.15. The minimum absolute atomic E-state index is 0.576. The summed E-state index contributed by atoms with van der Waals surface area (Å²) >= 11 is 0. The van der Waals surface area contributed by atoms with Crippen LogP contribution in [0.25, 0.3) is 82.1 Å². The fraction of sp³-hybridized carbons (Fsp3) is 0. The molecule has 0 bridgehead atoms. The van der Waals surface area contributed by atoms with Crippen molar-refractivity contribution in [2.75, 3.05) is 0 Å². The molecule has 2 aromatic heterocycles. The predicted octanol–water partition coefficient (Wildman–Crippen LogP) is 11.5. The zero-order valence-corrected chi connectivity index (χ0v) is 26.7. The SMILES string of the molecule is [C-]#[N+]c1cccc2c3ccccc3n(-c3ccccc3-c3ccc(-c4ccc(-n5c6ccccc6c6cc(C#N)ccc65)cc4C#N)cc3)c12. The Morgan fingerprint density at radius 2 is 1.14 bits per heavy atom. The van der Waals surface area contributed by atoms with E-state index in [1.807, 2.05) is 78.9 Å². The van der Waals surface area contributed by atoms with Gasteiger partial charge in [-0.05, 0) is 70.6 Å². The Morgan fingerprint density at radius 3 is 1.88 bits per heavy atom. The van der Waals surface area contributed by atoms with Crippen LogP contribution in [0.5, 0.6) is 0 Å². The third-order valence-electron chi connectivity index (χ3n) is 9.63. The molecule has 0 amide bonds. The van der Waals surface area contributed by atoms with Crippen molar-refractivity contribution in [3.8, 4) is 45.8 Å². The van der Waals surface area contributed by atoms with Gasteiger partial charge in [0.15, 0.2) is 0 Å². The van der Waals surface area contributed by atoms with Crippen LogP contribution in [-0.2, 0) is 0 Å². The summed E-state index contributed by atoms with van der Waals surface area (Å²) < 4.78 is 4.37. The van der Waals surface area contributed by atoms with Crippen LogP contribution >= 0.6 is 0 Å². The number of hydrogen-bond acceptors (Lipinski definition) is 2. The highest BCUT2D eigenvalue weighted by Crippen LogP contribution is 2.41. The standard InChI is InChI=1S/C45H25N5/c1-48-40-13-8-12-38-36-10-3-7-16-43(36)50(45(38)40)41-14-5-2-9-35(41)31-20-18-30(19-21-31)34-23-22-33(26-32(34)28-47)49-42-15-6-4-11-37(42)39-25-29(27-46)17-24-44(39)49/h2-26H. The molecule has 2 heterocycles. The number of nitriles is 2. The van der Waals surface area contributed by atoms with Crippen molar-refractivity contribution in [2.45, 2.75) is 0 Å². The van der Waals surface area contributed by atoms with Gasteiger partial charge in [-0.25, -0.2) is 4.85 Å². The first-order chi connectivity index (χ1) is 24.7. The normalized spacial score (nSPS) is 11.1. The topological polar surface area (TPSA) is 61.8 Å². The van der Waals surface area contributed by atoms with Gasteiger partial charge in [0.1, 0.15) is 0 Å². The minimum atomic E-state index is 0.576. The second-order valence-corrected chi connectivity index (χ2v) is 12.3. The second-order valence-electron chi connectivity index (χ2n) is 12.3. The summed E-state index contributed by atoms with van der Waals surface area (Å²) in [4.78, 5) is 3.89. The Bertz CT molecular complexity index is 2960. The molecule has 0 aliphatic heterocycles. The highest BCUT2D eigenvalue weighted by molar-refractivity contribution is 6.14. The van der Waals surface area contributed by atoms with Crippen molar-refractivity contribution in [3.05, 3.63) is 174 Å². The third-order valence-corrected chi connectivity index (χ3v) is 9.63. The molecule has 5 heteroatoms. The Kier molecular flexibility index (Phi) is 6.56. The summed E-state index contributed by atoms with van der Waals surface area (Å²) in [6.07, 6.45) is 0. The van der Waals surface area contributed by atoms with E-state index in [1.54, 1.807) is 0 Å². The summed E-state index contributed by atoms with van der Waals surface area (Å²) in [5.74, 6) is 0. The van der Waals surface area contributed by atoms with E-state index in [4.69, 9.17) is 6.57 Å². The van der Waals surface area contributed by atoms with Gasteiger partial charge in [0.2, 0.25) is 5.69 Å². The van der Waals surface area contributed by atoms with Crippen LogP contribution in [0.4, 0.5) is 5.69 Å². The van der Waals surface area contributed by atoms with Gasteiger partial charge < -0.3 is 9.13 Å². The maximum absolute atomic E-state index is 10.4. The van der Waals surface area contributed by atoms with Gasteiger partial charge >= 0.3 is 0 Å². The summed E-state index contributed by atoms with van der Waals surface area (Å²) in [5, 5.41) is 24.1. The molecule has 0 fully saturated rings. The quantitative estimate of drug-likeness (QED) is 0.181. The molecule has 0 aliphatic carbocycles. The molecule has 0 spiro atoms. The van der Waals surface area contributed by atoms with E-state index in [1.165, 1.54) is 0 Å². The number of nitrogens with zero attached hydrogens (tertiary/aromatic N) is 5. The Morgan fingerprint density at radius 1 is 0.500 bits per heavy atom. The predicted molar refractivity (Wildman–Crippen MR) is 202 cm³/mol. The number of para-hydroxylation sites is 4. The largest absolute Gasteiger partial charge is 0.318 e. The van der Waals surface area contributed by atoms with E-state index in [0.717, 1.165) is 77.2 Å². The molecular weight excluding hydrogens is 611 g/mol. The smallest absolute Gasteiger partial charge is 0.211 e. The van der Waals surface area contributed by atoms with Gasteiger partial charge in [0.25, 0.3) is 0 Å². The highest BCUT2D eigenvalue weighted by Gasteiger charge is 2.19. The average molecular weight is 636 g/mol. The maximum Gasteiger partial charge on any atom is 0.211 e. The van der Waals surface area contributed by atoms with Crippen molar-refractivity contribution < 1.29 is 0 Å². The molecule has 9 aromatic rings. The summed E-state index contributed by atoms with van der Waals surface area (Å²) in [6.45, 7) is 7.93. The van der Waals surface area contributed by atoms with E-state index in [2.05, 4.69) is 98.9 Å². The molecule has 0 aliphatic rings. The summed E-state index contributed by atoms with van der Waals surface area (Å²) in [7, 11) is 0. The number of fused-ring (bicyclic) bond motifs is 6. The number of benzene rings is 7. The summed E-state index contributed by atoms with van der Waals surface area (Å²) in [5.41, 5.74) is 11.5. The number of hydrogen-bond donors (Lipinski definition) is 0. The lowest BCUT2D eigenvalue weighted by atomic mass is 9.96. The van der Waals surface area contributed by atoms with Gasteiger partial charge in [0.05, 0.1) is 57.6 Å². The van der Waals surface area contributed by atoms with Crippen LogP contribution in [0.2, 0.25) is 0 Å². The zero-order valence-electron chi connectivity index (χ0n) is 26.7. The van der Waals surface area contributed by atoms with Crippen molar-refractivity contribution in [2.24, 2.45) is 0 Å². The van der Waals surface area contributed by atoms with Crippen LogP contribution in [-0.4, -0.2) is 9.13 Å². The van der Waals surface area contributed by atoms with Gasteiger partial charge in [-0.15, -0.1) is 0 Å². The van der Waals surface area contributed by atoms with Crippen LogP contribution in [0.1, 0.15) is 11.1 Å². The molecular formula is C45H25N5. The lowest BCUT2D eigenvalue weighted by molar-refractivity contribution is 1.18. The average Bonchev–Trinajstić information content (AvgIpc) is 3.70. The van der Waals surface area contributed by atoms with Gasteiger partial charge in [-0.1, -0.05) is 103 Å². The van der Waals surface area contributed by atoms with Crippen molar-refractivity contribution in [3.63, 3.8) is 0 Å². The highest BCUT2D eigenvalue weighted by atomic mass is 15.0. The molecule has 5 nitrogen and oxygen atoms in total. The van der Waals surface area contributed by atoms with E-state index < -0.39 is 0 Å². The molecule has 0 atom stereocenters. The number of rotatable bonds is 4. The van der Waals surface area contributed by atoms with Crippen molar-refractivity contribution >= 4 is 49.3 Å². The molecule has 0 saturated carbocycles. The summed E-state index contributed by atoms with van der Waals surface area (Å²) in [6, 6.07) is 55.5. The Balaban J connectivity index is 1.15.